The Morgan fingerprint density at radius 3 is 2.44 bits per heavy atom. The Kier molecular flexibility index (Phi) is 8.37. The molecule has 0 spiro atoms. The summed E-state index contributed by atoms with van der Waals surface area (Å²) in [5.41, 5.74) is 10.4. The van der Waals surface area contributed by atoms with Crippen LogP contribution in [0, 0.1) is 0 Å². The van der Waals surface area contributed by atoms with Crippen molar-refractivity contribution in [2.24, 2.45) is 0 Å². The zero-order chi connectivity index (χ0) is 33.4. The number of nitrogens with zero attached hydrogens (tertiary/aromatic N) is 5. The van der Waals surface area contributed by atoms with Gasteiger partial charge in [-0.2, -0.15) is 5.10 Å². The number of carbonyl (C=O) groups excluding carboxylic acids is 1. The highest BCUT2D eigenvalue weighted by atomic mass is 16.6. The highest BCUT2D eigenvalue weighted by molar-refractivity contribution is 5.96. The molecule has 0 N–H and O–H groups in total. The van der Waals surface area contributed by atoms with Gasteiger partial charge in [0.05, 0.1) is 32.0 Å². The normalized spacial score (nSPS) is 14.5. The van der Waals surface area contributed by atoms with Gasteiger partial charge in [-0.15, -0.1) is 0 Å². The molecule has 48 heavy (non-hydrogen) atoms. The lowest BCUT2D eigenvalue weighted by molar-refractivity contribution is 0.0270. The summed E-state index contributed by atoms with van der Waals surface area (Å²) in [6.45, 7) is 7.18. The summed E-state index contributed by atoms with van der Waals surface area (Å²) in [6.07, 6.45) is 7.48. The van der Waals surface area contributed by atoms with Crippen LogP contribution >= 0.6 is 0 Å². The van der Waals surface area contributed by atoms with Crippen LogP contribution in [0.5, 0.6) is 11.5 Å². The topological polar surface area (TPSA) is 91.6 Å². The molecule has 0 unspecified atom stereocenters. The Balaban J connectivity index is 1.35. The Hall–Kier alpha value is -5.18. The molecule has 7 rings (SSSR count). The number of amides is 1. The molecule has 0 atom stereocenters. The molecule has 0 saturated heterocycles. The molecule has 0 radical (unpaired) electrons. The number of hydrogen-bond acceptors (Lipinski definition) is 7. The van der Waals surface area contributed by atoms with Crippen LogP contribution in [0.25, 0.3) is 39.1 Å². The molecule has 0 saturated carbocycles. The molecule has 1 aliphatic carbocycles. The maximum absolute atomic E-state index is 12.8. The van der Waals surface area contributed by atoms with Crippen LogP contribution in [0.2, 0.25) is 0 Å². The minimum atomic E-state index is -0.546. The van der Waals surface area contributed by atoms with E-state index in [1.165, 1.54) is 11.1 Å². The number of aryl methyl sites for hydroxylation is 1. The molecule has 4 heterocycles. The fourth-order valence-corrected chi connectivity index (χ4v) is 6.70. The lowest BCUT2D eigenvalue weighted by Gasteiger charge is -2.29. The molecule has 1 aliphatic heterocycles. The van der Waals surface area contributed by atoms with Gasteiger partial charge in [0.25, 0.3) is 0 Å². The fourth-order valence-electron chi connectivity index (χ4n) is 6.70. The van der Waals surface area contributed by atoms with Gasteiger partial charge in [-0.25, -0.2) is 9.78 Å². The standard InChI is InChI=1S/C39H41N5O4/c1-39(2,3)48-38(45)43-21-18-27(19-22-43)34-31(13-8-20-40-34)36-37-32(44(42-36)24-25-14-16-28(46-4)17-15-25)23-33(47-5)35(41-37)30-12-7-10-26-9-6-11-29(26)30/h7-8,10,12-18,20,23H,6,9,11,19,21-22,24H2,1-5H3. The third-order valence-corrected chi connectivity index (χ3v) is 9.03. The number of aromatic nitrogens is 4. The average molecular weight is 644 g/mol. The van der Waals surface area contributed by atoms with E-state index in [1.54, 1.807) is 19.1 Å². The van der Waals surface area contributed by atoms with E-state index in [1.807, 2.05) is 49.8 Å². The van der Waals surface area contributed by atoms with Gasteiger partial charge in [0.2, 0.25) is 0 Å². The minimum Gasteiger partial charge on any atom is -0.497 e. The summed E-state index contributed by atoms with van der Waals surface area (Å²) in [6, 6.07) is 20.6. The smallest absolute Gasteiger partial charge is 0.410 e. The highest BCUT2D eigenvalue weighted by Gasteiger charge is 2.27. The zero-order valence-corrected chi connectivity index (χ0v) is 28.2. The van der Waals surface area contributed by atoms with Crippen LogP contribution in [-0.2, 0) is 24.1 Å². The number of ether oxygens (including phenoxy) is 3. The van der Waals surface area contributed by atoms with E-state index in [0.717, 1.165) is 75.4 Å². The van der Waals surface area contributed by atoms with Crippen LogP contribution in [0.15, 0.2) is 72.9 Å². The molecule has 3 aromatic heterocycles. The summed E-state index contributed by atoms with van der Waals surface area (Å²) in [5, 5.41) is 5.23. The summed E-state index contributed by atoms with van der Waals surface area (Å²) in [7, 11) is 3.37. The molecule has 1 amide bonds. The highest BCUT2D eigenvalue weighted by Crippen LogP contribution is 2.41. The van der Waals surface area contributed by atoms with Crippen molar-refractivity contribution in [2.45, 2.75) is 58.6 Å². The molecule has 9 heteroatoms. The Bertz CT molecular complexity index is 2020. The lowest BCUT2D eigenvalue weighted by Crippen LogP contribution is -2.39. The van der Waals surface area contributed by atoms with Gasteiger partial charge in [-0.05, 0) is 93.0 Å². The maximum atomic E-state index is 12.8. The summed E-state index contributed by atoms with van der Waals surface area (Å²) in [4.78, 5) is 24.7. The van der Waals surface area contributed by atoms with E-state index < -0.39 is 5.60 Å². The van der Waals surface area contributed by atoms with Crippen molar-refractivity contribution in [1.82, 2.24) is 24.6 Å². The Morgan fingerprint density at radius 1 is 0.896 bits per heavy atom. The molecule has 2 aliphatic rings. The predicted molar refractivity (Wildman–Crippen MR) is 187 cm³/mol. The monoisotopic (exact) mass is 643 g/mol. The van der Waals surface area contributed by atoms with E-state index in [0.29, 0.717) is 31.8 Å². The SMILES string of the molecule is COc1ccc(Cn2nc(-c3cccnc3C3=CCN(C(=O)OC(C)(C)C)CC3)c3nc(-c4cccc5c4CCC5)c(OC)cc32)cc1. The van der Waals surface area contributed by atoms with E-state index in [-0.39, 0.29) is 6.09 Å². The molecular formula is C39H41N5O4. The quantitative estimate of drug-likeness (QED) is 0.179. The summed E-state index contributed by atoms with van der Waals surface area (Å²) < 4.78 is 19.0. The van der Waals surface area contributed by atoms with Gasteiger partial charge in [0.1, 0.15) is 34.0 Å². The fraction of sp³-hybridized carbons (Fsp3) is 0.333. The first-order valence-electron chi connectivity index (χ1n) is 16.5. The van der Waals surface area contributed by atoms with Gasteiger partial charge in [-0.1, -0.05) is 36.4 Å². The zero-order valence-electron chi connectivity index (χ0n) is 28.2. The predicted octanol–water partition coefficient (Wildman–Crippen LogP) is 7.74. The summed E-state index contributed by atoms with van der Waals surface area (Å²) >= 11 is 0. The molecule has 2 aromatic carbocycles. The van der Waals surface area contributed by atoms with Crippen molar-refractivity contribution >= 4 is 22.7 Å². The van der Waals surface area contributed by atoms with E-state index >= 15 is 0 Å². The number of hydrogen-bond donors (Lipinski definition) is 0. The number of fused-ring (bicyclic) bond motifs is 2. The van der Waals surface area contributed by atoms with Gasteiger partial charge < -0.3 is 19.1 Å². The molecule has 246 valence electrons. The third-order valence-electron chi connectivity index (χ3n) is 9.03. The van der Waals surface area contributed by atoms with Crippen LogP contribution in [0.4, 0.5) is 4.79 Å². The van der Waals surface area contributed by atoms with Crippen LogP contribution in [0.3, 0.4) is 0 Å². The van der Waals surface area contributed by atoms with Gasteiger partial charge in [-0.3, -0.25) is 9.67 Å². The third kappa shape index (κ3) is 6.12. The molecule has 5 aromatic rings. The number of pyridine rings is 2. The van der Waals surface area contributed by atoms with Crippen molar-refractivity contribution in [3.63, 3.8) is 0 Å². The molecule has 0 fully saturated rings. The van der Waals surface area contributed by atoms with Crippen molar-refractivity contribution < 1.29 is 19.0 Å². The largest absolute Gasteiger partial charge is 0.497 e. The van der Waals surface area contributed by atoms with Crippen molar-refractivity contribution in [2.75, 3.05) is 27.3 Å². The van der Waals surface area contributed by atoms with Crippen molar-refractivity contribution in [3.8, 4) is 34.0 Å². The molecule has 9 nitrogen and oxygen atoms in total. The first-order valence-corrected chi connectivity index (χ1v) is 16.5. The van der Waals surface area contributed by atoms with Crippen LogP contribution in [0.1, 0.15) is 56.0 Å². The van der Waals surface area contributed by atoms with E-state index in [4.69, 9.17) is 29.3 Å². The van der Waals surface area contributed by atoms with E-state index in [9.17, 15) is 4.79 Å². The van der Waals surface area contributed by atoms with Gasteiger partial charge in [0, 0.05) is 36.5 Å². The second-order valence-electron chi connectivity index (χ2n) is 13.4. The number of carbonyl (C=O) groups is 1. The van der Waals surface area contributed by atoms with Crippen molar-refractivity contribution in [1.29, 1.82) is 0 Å². The van der Waals surface area contributed by atoms with Crippen LogP contribution < -0.4 is 9.47 Å². The second kappa shape index (κ2) is 12.8. The first-order chi connectivity index (χ1) is 23.2. The first kappa shape index (κ1) is 31.4. The van der Waals surface area contributed by atoms with Crippen LogP contribution in [-0.4, -0.2) is 63.7 Å². The maximum Gasteiger partial charge on any atom is 0.410 e. The number of methoxy groups -OCH3 is 2. The lowest BCUT2D eigenvalue weighted by atomic mass is 9.97. The van der Waals surface area contributed by atoms with Gasteiger partial charge in [0.15, 0.2) is 0 Å². The number of rotatable bonds is 7. The summed E-state index contributed by atoms with van der Waals surface area (Å²) in [5.74, 6) is 1.52. The minimum absolute atomic E-state index is 0.305. The molecule has 0 bridgehead atoms. The van der Waals surface area contributed by atoms with E-state index in [2.05, 4.69) is 48.5 Å². The van der Waals surface area contributed by atoms with Crippen molar-refractivity contribution in [3.05, 3.63) is 95.3 Å². The Labute approximate surface area is 281 Å². The second-order valence-corrected chi connectivity index (χ2v) is 13.4. The van der Waals surface area contributed by atoms with Gasteiger partial charge >= 0.3 is 6.09 Å². The Morgan fingerprint density at radius 2 is 1.71 bits per heavy atom. The average Bonchev–Trinajstić information content (AvgIpc) is 3.72. The number of benzene rings is 2. The molecular weight excluding hydrogens is 602 g/mol.